The van der Waals surface area contributed by atoms with Crippen LogP contribution in [0.3, 0.4) is 0 Å². The Balaban J connectivity index is 1.85. The first kappa shape index (κ1) is 16.8. The van der Waals surface area contributed by atoms with Crippen molar-refractivity contribution in [2.45, 2.75) is 6.92 Å². The van der Waals surface area contributed by atoms with E-state index < -0.39 is 16.5 Å². The van der Waals surface area contributed by atoms with Crippen molar-refractivity contribution in [2.75, 3.05) is 10.7 Å². The third-order valence-corrected chi connectivity index (χ3v) is 3.29. The maximum atomic E-state index is 11.9. The Morgan fingerprint density at radius 1 is 1.15 bits per heavy atom. The van der Waals surface area contributed by atoms with Crippen LogP contribution in [0.2, 0.25) is 0 Å². The van der Waals surface area contributed by atoms with Crippen molar-refractivity contribution >= 4 is 29.0 Å². The molecule has 0 aliphatic heterocycles. The first-order valence-corrected chi connectivity index (χ1v) is 7.34. The minimum absolute atomic E-state index is 0.0386. The molecule has 0 aliphatic carbocycles. The second-order valence-corrected chi connectivity index (χ2v) is 5.03. The number of furan rings is 1. The fourth-order valence-corrected chi connectivity index (χ4v) is 2.05. The number of aromatic nitrogens is 3. The first-order chi connectivity index (χ1) is 12.6. The molecular formula is C15H13N7O4. The maximum Gasteiger partial charge on any atom is 0.355 e. The molecule has 0 spiro atoms. The number of rotatable bonds is 6. The summed E-state index contributed by atoms with van der Waals surface area (Å²) in [7, 11) is 0. The summed E-state index contributed by atoms with van der Waals surface area (Å²) in [5.41, 5.74) is 5.02. The quantitative estimate of drug-likeness (QED) is 0.447. The molecule has 0 bridgehead atoms. The third-order valence-electron chi connectivity index (χ3n) is 3.29. The molecule has 0 unspecified atom stereocenters. The Morgan fingerprint density at radius 3 is 2.65 bits per heavy atom. The number of amides is 1. The van der Waals surface area contributed by atoms with Gasteiger partial charge in [0.1, 0.15) is 12.1 Å². The number of hydrazine groups is 1. The van der Waals surface area contributed by atoms with Crippen LogP contribution in [0.5, 0.6) is 0 Å². The summed E-state index contributed by atoms with van der Waals surface area (Å²) >= 11 is 0. The third kappa shape index (κ3) is 3.56. The van der Waals surface area contributed by atoms with Gasteiger partial charge in [0, 0.05) is 6.20 Å². The lowest BCUT2D eigenvalue weighted by atomic mass is 10.3. The number of aryl methyl sites for hydroxylation is 1. The molecule has 11 nitrogen and oxygen atoms in total. The monoisotopic (exact) mass is 355 g/mol. The standard InChI is InChI=1S/C15H13N7O4/c1-9-4-2-6-16-12(9)19-13-11(22(24)25)14(18-8-17-13)20-21-15(23)10-5-3-7-26-10/h2-8H,1H3,(H,21,23)(H2,16,17,18,19,20). The van der Waals surface area contributed by atoms with E-state index in [2.05, 4.69) is 31.1 Å². The molecule has 3 N–H and O–H groups in total. The average Bonchev–Trinajstić information content (AvgIpc) is 3.16. The van der Waals surface area contributed by atoms with Gasteiger partial charge in [0.2, 0.25) is 11.6 Å². The molecule has 0 aliphatic rings. The van der Waals surface area contributed by atoms with E-state index in [1.807, 2.05) is 0 Å². The molecule has 0 fully saturated rings. The Hall–Kier alpha value is -4.02. The molecule has 26 heavy (non-hydrogen) atoms. The van der Waals surface area contributed by atoms with Gasteiger partial charge in [-0.05, 0) is 30.7 Å². The number of carbonyl (C=O) groups is 1. The summed E-state index contributed by atoms with van der Waals surface area (Å²) in [5, 5.41) is 14.3. The van der Waals surface area contributed by atoms with Crippen LogP contribution in [0, 0.1) is 17.0 Å². The Morgan fingerprint density at radius 2 is 1.96 bits per heavy atom. The summed E-state index contributed by atoms with van der Waals surface area (Å²) < 4.78 is 4.94. The number of carbonyl (C=O) groups excluding carboxylic acids is 1. The molecule has 3 heterocycles. The zero-order valence-electron chi connectivity index (χ0n) is 13.5. The van der Waals surface area contributed by atoms with Crippen molar-refractivity contribution in [1.29, 1.82) is 0 Å². The largest absolute Gasteiger partial charge is 0.459 e. The molecular weight excluding hydrogens is 342 g/mol. The normalized spacial score (nSPS) is 10.2. The molecule has 0 aromatic carbocycles. The van der Waals surface area contributed by atoms with Gasteiger partial charge in [0.05, 0.1) is 11.2 Å². The fourth-order valence-electron chi connectivity index (χ4n) is 2.05. The average molecular weight is 355 g/mol. The molecule has 0 radical (unpaired) electrons. The molecule has 0 saturated heterocycles. The van der Waals surface area contributed by atoms with Gasteiger partial charge in [0.25, 0.3) is 0 Å². The van der Waals surface area contributed by atoms with Crippen LogP contribution in [0.4, 0.5) is 23.1 Å². The van der Waals surface area contributed by atoms with Gasteiger partial charge in [-0.15, -0.1) is 0 Å². The topological polar surface area (TPSA) is 148 Å². The summed E-state index contributed by atoms with van der Waals surface area (Å²) in [6, 6.07) is 6.53. The van der Waals surface area contributed by atoms with Crippen molar-refractivity contribution in [3.63, 3.8) is 0 Å². The molecule has 11 heteroatoms. The summed E-state index contributed by atoms with van der Waals surface area (Å²) in [4.78, 5) is 34.5. The Kier molecular flexibility index (Phi) is 4.69. The van der Waals surface area contributed by atoms with E-state index in [4.69, 9.17) is 4.42 Å². The second kappa shape index (κ2) is 7.25. The molecule has 3 aromatic rings. The summed E-state index contributed by atoms with van der Waals surface area (Å²) in [5.74, 6) is -0.419. The van der Waals surface area contributed by atoms with Gasteiger partial charge < -0.3 is 9.73 Å². The number of hydrogen-bond acceptors (Lipinski definition) is 9. The van der Waals surface area contributed by atoms with E-state index in [1.165, 1.54) is 12.3 Å². The summed E-state index contributed by atoms with van der Waals surface area (Å²) in [6.45, 7) is 1.80. The van der Waals surface area contributed by atoms with E-state index in [0.717, 1.165) is 11.9 Å². The molecule has 1 amide bonds. The van der Waals surface area contributed by atoms with Crippen LogP contribution in [0.15, 0.2) is 47.5 Å². The zero-order chi connectivity index (χ0) is 18.5. The van der Waals surface area contributed by atoms with Gasteiger partial charge >= 0.3 is 11.6 Å². The molecule has 0 saturated carbocycles. The highest BCUT2D eigenvalue weighted by Gasteiger charge is 2.24. The van der Waals surface area contributed by atoms with E-state index >= 15 is 0 Å². The number of pyridine rings is 1. The highest BCUT2D eigenvalue weighted by molar-refractivity contribution is 5.92. The van der Waals surface area contributed by atoms with E-state index in [0.29, 0.717) is 5.82 Å². The van der Waals surface area contributed by atoms with Crippen molar-refractivity contribution < 1.29 is 14.1 Å². The van der Waals surface area contributed by atoms with Crippen molar-refractivity contribution in [1.82, 2.24) is 20.4 Å². The minimum atomic E-state index is -0.665. The lowest BCUT2D eigenvalue weighted by Gasteiger charge is -2.11. The highest BCUT2D eigenvalue weighted by atomic mass is 16.6. The van der Waals surface area contributed by atoms with Gasteiger partial charge in [-0.25, -0.2) is 15.0 Å². The van der Waals surface area contributed by atoms with Crippen molar-refractivity contribution in [3.8, 4) is 0 Å². The number of nitro groups is 1. The number of nitrogens with one attached hydrogen (secondary N) is 3. The van der Waals surface area contributed by atoms with Crippen molar-refractivity contribution in [3.05, 3.63) is 64.5 Å². The predicted octanol–water partition coefficient (Wildman–Crippen LogP) is 2.18. The summed E-state index contributed by atoms with van der Waals surface area (Å²) in [6.07, 6.45) is 4.00. The van der Waals surface area contributed by atoms with Crippen LogP contribution in [-0.2, 0) is 0 Å². The molecule has 3 aromatic heterocycles. The van der Waals surface area contributed by atoms with Crippen LogP contribution in [0.1, 0.15) is 16.1 Å². The van der Waals surface area contributed by atoms with Gasteiger partial charge in [-0.3, -0.25) is 25.8 Å². The van der Waals surface area contributed by atoms with E-state index in [1.54, 1.807) is 31.3 Å². The minimum Gasteiger partial charge on any atom is -0.459 e. The lowest BCUT2D eigenvalue weighted by molar-refractivity contribution is -0.383. The number of hydrogen-bond donors (Lipinski definition) is 3. The van der Waals surface area contributed by atoms with E-state index in [9.17, 15) is 14.9 Å². The number of anilines is 3. The van der Waals surface area contributed by atoms with Crippen LogP contribution >= 0.6 is 0 Å². The molecule has 0 atom stereocenters. The molecule has 132 valence electrons. The predicted molar refractivity (Wildman–Crippen MR) is 90.7 cm³/mol. The SMILES string of the molecule is Cc1cccnc1Nc1ncnc(NNC(=O)c2ccco2)c1[N+](=O)[O-]. The smallest absolute Gasteiger partial charge is 0.355 e. The zero-order valence-corrected chi connectivity index (χ0v) is 13.5. The van der Waals surface area contributed by atoms with Crippen LogP contribution < -0.4 is 16.2 Å². The van der Waals surface area contributed by atoms with Gasteiger partial charge in [-0.2, -0.15) is 0 Å². The lowest BCUT2D eigenvalue weighted by Crippen LogP contribution is -2.30. The number of nitrogens with zero attached hydrogens (tertiary/aromatic N) is 4. The Bertz CT molecular complexity index is 943. The van der Waals surface area contributed by atoms with Crippen molar-refractivity contribution in [2.24, 2.45) is 0 Å². The highest BCUT2D eigenvalue weighted by Crippen LogP contribution is 2.30. The van der Waals surface area contributed by atoms with Gasteiger partial charge in [-0.1, -0.05) is 6.07 Å². The van der Waals surface area contributed by atoms with Gasteiger partial charge in [0.15, 0.2) is 5.76 Å². The maximum absolute atomic E-state index is 11.9. The fraction of sp³-hybridized carbons (Fsp3) is 0.0667. The second-order valence-electron chi connectivity index (χ2n) is 5.03. The van der Waals surface area contributed by atoms with Crippen LogP contribution in [-0.4, -0.2) is 25.8 Å². The van der Waals surface area contributed by atoms with E-state index in [-0.39, 0.29) is 17.4 Å². The molecule has 3 rings (SSSR count). The Labute approximate surface area is 146 Å². The first-order valence-electron chi connectivity index (χ1n) is 7.34. The van der Waals surface area contributed by atoms with Crippen LogP contribution in [0.25, 0.3) is 0 Å².